The van der Waals surface area contributed by atoms with Crippen LogP contribution in [0.1, 0.15) is 18.1 Å². The first-order valence-electron chi connectivity index (χ1n) is 9.05. The molecule has 0 unspecified atom stereocenters. The Kier molecular flexibility index (Phi) is 4.48. The number of carbonyl (C=O) groups is 1. The molecule has 3 aromatic rings. The summed E-state index contributed by atoms with van der Waals surface area (Å²) in [6.45, 7) is 2.70. The Hall–Kier alpha value is -3.01. The van der Waals surface area contributed by atoms with E-state index in [2.05, 4.69) is 41.0 Å². The van der Waals surface area contributed by atoms with Gasteiger partial charge < -0.3 is 15.4 Å². The van der Waals surface area contributed by atoms with Gasteiger partial charge in [0.15, 0.2) is 0 Å². The van der Waals surface area contributed by atoms with Crippen LogP contribution in [0.2, 0.25) is 0 Å². The van der Waals surface area contributed by atoms with E-state index >= 15 is 0 Å². The van der Waals surface area contributed by atoms with E-state index in [9.17, 15) is 4.79 Å². The summed E-state index contributed by atoms with van der Waals surface area (Å²) in [6.07, 6.45) is 2.20. The van der Waals surface area contributed by atoms with E-state index < -0.39 is 0 Å². The number of carbonyl (C=O) groups excluding carboxylic acids is 1. The minimum Gasteiger partial charge on any atom is -0.492 e. The van der Waals surface area contributed by atoms with Crippen LogP contribution in [-0.4, -0.2) is 19.1 Å². The van der Waals surface area contributed by atoms with Crippen molar-refractivity contribution in [3.8, 4) is 5.75 Å². The molecule has 4 heteroatoms. The highest BCUT2D eigenvalue weighted by Gasteiger charge is 2.16. The molecule has 0 bridgehead atoms. The zero-order valence-corrected chi connectivity index (χ0v) is 14.8. The van der Waals surface area contributed by atoms with Gasteiger partial charge in [-0.2, -0.15) is 0 Å². The van der Waals surface area contributed by atoms with Crippen LogP contribution in [0.3, 0.4) is 0 Å². The van der Waals surface area contributed by atoms with Crippen molar-refractivity contribution in [1.29, 1.82) is 0 Å². The molecule has 0 spiro atoms. The van der Waals surface area contributed by atoms with Crippen molar-refractivity contribution in [1.82, 2.24) is 0 Å². The van der Waals surface area contributed by atoms with Crippen LogP contribution in [0.15, 0.2) is 54.6 Å². The standard InChI is InChI=1S/C22H22N2O2/c1-2-26-20-9-4-3-8-19(20)24-21(25)14-23-18-13-12-16-11-10-15-6-5-7-17(18)22(15)16/h3-9,12-13,23H,2,10-11,14H2,1H3,(H,24,25). The fourth-order valence-corrected chi connectivity index (χ4v) is 3.62. The van der Waals surface area contributed by atoms with Crippen LogP contribution in [0.25, 0.3) is 10.8 Å². The van der Waals surface area contributed by atoms with E-state index in [1.165, 1.54) is 21.9 Å². The Labute approximate surface area is 153 Å². The normalized spacial score (nSPS) is 12.2. The summed E-state index contributed by atoms with van der Waals surface area (Å²) in [4.78, 5) is 12.4. The molecule has 0 aromatic heterocycles. The third kappa shape index (κ3) is 3.10. The average molecular weight is 346 g/mol. The molecule has 132 valence electrons. The molecule has 2 N–H and O–H groups in total. The van der Waals surface area contributed by atoms with Gasteiger partial charge >= 0.3 is 0 Å². The van der Waals surface area contributed by atoms with Crippen molar-refractivity contribution in [3.63, 3.8) is 0 Å². The van der Waals surface area contributed by atoms with Crippen LogP contribution >= 0.6 is 0 Å². The minimum atomic E-state index is -0.0968. The molecular formula is C22H22N2O2. The molecule has 1 aliphatic carbocycles. The maximum Gasteiger partial charge on any atom is 0.243 e. The lowest BCUT2D eigenvalue weighted by Crippen LogP contribution is -2.22. The van der Waals surface area contributed by atoms with Gasteiger partial charge in [0.25, 0.3) is 0 Å². The maximum absolute atomic E-state index is 12.4. The zero-order chi connectivity index (χ0) is 17.9. The van der Waals surface area contributed by atoms with Crippen LogP contribution in [0.5, 0.6) is 5.75 Å². The number of hydrogen-bond donors (Lipinski definition) is 2. The van der Waals surface area contributed by atoms with Gasteiger partial charge in [-0.3, -0.25) is 4.79 Å². The van der Waals surface area contributed by atoms with Gasteiger partial charge in [-0.05, 0) is 54.5 Å². The number of ether oxygens (including phenoxy) is 1. The SMILES string of the molecule is CCOc1ccccc1NC(=O)CNc1ccc2c3c(cccc13)CC2. The van der Waals surface area contributed by atoms with Crippen molar-refractivity contribution < 1.29 is 9.53 Å². The zero-order valence-electron chi connectivity index (χ0n) is 14.8. The molecule has 1 aliphatic rings. The molecule has 3 aromatic carbocycles. The number of rotatable bonds is 6. The van der Waals surface area contributed by atoms with E-state index in [1.807, 2.05) is 31.2 Å². The molecule has 26 heavy (non-hydrogen) atoms. The second kappa shape index (κ2) is 7.08. The molecule has 0 atom stereocenters. The van der Waals surface area contributed by atoms with Crippen LogP contribution in [-0.2, 0) is 17.6 Å². The third-order valence-corrected chi connectivity index (χ3v) is 4.78. The van der Waals surface area contributed by atoms with Gasteiger partial charge in [-0.1, -0.05) is 36.4 Å². The summed E-state index contributed by atoms with van der Waals surface area (Å²) in [5, 5.41) is 8.75. The first-order chi connectivity index (χ1) is 12.8. The highest BCUT2D eigenvalue weighted by Crippen LogP contribution is 2.34. The quantitative estimate of drug-likeness (QED) is 0.696. The van der Waals surface area contributed by atoms with Gasteiger partial charge in [-0.15, -0.1) is 0 Å². The second-order valence-corrected chi connectivity index (χ2v) is 6.44. The predicted octanol–water partition coefficient (Wildman–Crippen LogP) is 4.39. The lowest BCUT2D eigenvalue weighted by molar-refractivity contribution is -0.114. The number of nitrogens with one attached hydrogen (secondary N) is 2. The number of anilines is 2. The molecule has 0 saturated carbocycles. The van der Waals surface area contributed by atoms with Crippen molar-refractivity contribution >= 4 is 28.1 Å². The summed E-state index contributed by atoms with van der Waals surface area (Å²) >= 11 is 0. The summed E-state index contributed by atoms with van der Waals surface area (Å²) in [6, 6.07) is 18.1. The first kappa shape index (κ1) is 16.5. The highest BCUT2D eigenvalue weighted by atomic mass is 16.5. The highest BCUT2D eigenvalue weighted by molar-refractivity contribution is 6.01. The molecule has 4 rings (SSSR count). The smallest absolute Gasteiger partial charge is 0.243 e. The molecule has 0 aliphatic heterocycles. The second-order valence-electron chi connectivity index (χ2n) is 6.44. The van der Waals surface area contributed by atoms with Gasteiger partial charge in [0, 0.05) is 11.1 Å². The van der Waals surface area contributed by atoms with Gasteiger partial charge in [-0.25, -0.2) is 0 Å². The van der Waals surface area contributed by atoms with Gasteiger partial charge in [0.1, 0.15) is 5.75 Å². The topological polar surface area (TPSA) is 50.4 Å². The summed E-state index contributed by atoms with van der Waals surface area (Å²) in [5.74, 6) is 0.592. The summed E-state index contributed by atoms with van der Waals surface area (Å²) < 4.78 is 5.56. The van der Waals surface area contributed by atoms with E-state index in [0.29, 0.717) is 18.0 Å². The Morgan fingerprint density at radius 3 is 2.62 bits per heavy atom. The summed E-state index contributed by atoms with van der Waals surface area (Å²) in [7, 11) is 0. The lowest BCUT2D eigenvalue weighted by Gasteiger charge is -2.13. The maximum atomic E-state index is 12.4. The monoisotopic (exact) mass is 346 g/mol. The molecule has 4 nitrogen and oxygen atoms in total. The van der Waals surface area contributed by atoms with Crippen molar-refractivity contribution in [3.05, 3.63) is 65.7 Å². The lowest BCUT2D eigenvalue weighted by atomic mass is 10.0. The van der Waals surface area contributed by atoms with Gasteiger partial charge in [0.05, 0.1) is 18.8 Å². The average Bonchev–Trinajstić information content (AvgIpc) is 3.08. The third-order valence-electron chi connectivity index (χ3n) is 4.78. The van der Waals surface area contributed by atoms with Crippen molar-refractivity contribution in [2.24, 2.45) is 0 Å². The molecule has 0 heterocycles. The Morgan fingerprint density at radius 1 is 0.962 bits per heavy atom. The number of amides is 1. The van der Waals surface area contributed by atoms with Crippen LogP contribution in [0, 0.1) is 0 Å². The molecule has 0 fully saturated rings. The molecule has 0 saturated heterocycles. The number of aryl methyl sites for hydroxylation is 2. The number of para-hydroxylation sites is 2. The van der Waals surface area contributed by atoms with E-state index in [-0.39, 0.29) is 12.5 Å². The van der Waals surface area contributed by atoms with E-state index in [1.54, 1.807) is 0 Å². The molecule has 1 amide bonds. The number of hydrogen-bond acceptors (Lipinski definition) is 3. The predicted molar refractivity (Wildman–Crippen MR) is 106 cm³/mol. The van der Waals surface area contributed by atoms with E-state index in [4.69, 9.17) is 4.74 Å². The minimum absolute atomic E-state index is 0.0968. The molecular weight excluding hydrogens is 324 g/mol. The molecule has 0 radical (unpaired) electrons. The van der Waals surface area contributed by atoms with E-state index in [0.717, 1.165) is 18.5 Å². The summed E-state index contributed by atoms with van der Waals surface area (Å²) in [5.41, 5.74) is 4.50. The van der Waals surface area contributed by atoms with Crippen molar-refractivity contribution in [2.75, 3.05) is 23.8 Å². The van der Waals surface area contributed by atoms with Crippen LogP contribution in [0.4, 0.5) is 11.4 Å². The largest absolute Gasteiger partial charge is 0.492 e. The van der Waals surface area contributed by atoms with Crippen LogP contribution < -0.4 is 15.4 Å². The van der Waals surface area contributed by atoms with Gasteiger partial charge in [0.2, 0.25) is 5.91 Å². The fourth-order valence-electron chi connectivity index (χ4n) is 3.62. The fraction of sp³-hybridized carbons (Fsp3) is 0.227. The number of benzene rings is 3. The Bertz CT molecular complexity index is 955. The first-order valence-corrected chi connectivity index (χ1v) is 9.05. The van der Waals surface area contributed by atoms with Crippen molar-refractivity contribution in [2.45, 2.75) is 19.8 Å². The Balaban J connectivity index is 1.48. The Morgan fingerprint density at radius 2 is 1.77 bits per heavy atom.